The summed E-state index contributed by atoms with van der Waals surface area (Å²) in [6.07, 6.45) is 0. The minimum Gasteiger partial charge on any atom is -0.478 e. The van der Waals surface area contributed by atoms with Gasteiger partial charge in [-0.2, -0.15) is 0 Å². The van der Waals surface area contributed by atoms with E-state index in [4.69, 9.17) is 5.11 Å². The van der Waals surface area contributed by atoms with Crippen LogP contribution in [0, 0.1) is 5.82 Å². The average Bonchev–Trinajstić information content (AvgIpc) is 2.41. The second kappa shape index (κ2) is 5.75. The van der Waals surface area contributed by atoms with Gasteiger partial charge in [-0.3, -0.25) is 4.21 Å². The van der Waals surface area contributed by atoms with Crippen molar-refractivity contribution in [3.05, 3.63) is 65.5 Å². The number of hydrogen-bond acceptors (Lipinski definition) is 2. The van der Waals surface area contributed by atoms with E-state index < -0.39 is 22.6 Å². The summed E-state index contributed by atoms with van der Waals surface area (Å²) in [5, 5.41) is 8.87. The Morgan fingerprint density at radius 3 is 2.58 bits per heavy atom. The third kappa shape index (κ3) is 3.26. The number of hydrogen-bond donors (Lipinski definition) is 1. The molecule has 0 aliphatic rings. The maximum absolute atomic E-state index is 13.4. The smallest absolute Gasteiger partial charge is 0.335 e. The molecule has 0 bridgehead atoms. The van der Waals surface area contributed by atoms with Gasteiger partial charge in [0.1, 0.15) is 5.82 Å². The van der Waals surface area contributed by atoms with Crippen molar-refractivity contribution in [1.29, 1.82) is 0 Å². The summed E-state index contributed by atoms with van der Waals surface area (Å²) in [6, 6.07) is 12.0. The molecule has 3 nitrogen and oxygen atoms in total. The van der Waals surface area contributed by atoms with Crippen LogP contribution in [0.4, 0.5) is 4.39 Å². The van der Waals surface area contributed by atoms with Crippen LogP contribution in [0.1, 0.15) is 15.9 Å². The monoisotopic (exact) mass is 278 g/mol. The van der Waals surface area contributed by atoms with Gasteiger partial charge in [0.05, 0.1) is 22.1 Å². The van der Waals surface area contributed by atoms with Crippen molar-refractivity contribution >= 4 is 16.8 Å². The summed E-state index contributed by atoms with van der Waals surface area (Å²) in [5.41, 5.74) is 0.418. The van der Waals surface area contributed by atoms with Gasteiger partial charge in [-0.15, -0.1) is 0 Å². The van der Waals surface area contributed by atoms with Crippen LogP contribution in [-0.4, -0.2) is 15.3 Å². The minimum absolute atomic E-state index is 0.0236. The Labute approximate surface area is 112 Å². The number of rotatable bonds is 4. The summed E-state index contributed by atoms with van der Waals surface area (Å²) >= 11 is 0. The van der Waals surface area contributed by atoms with Gasteiger partial charge in [0.2, 0.25) is 0 Å². The summed E-state index contributed by atoms with van der Waals surface area (Å²) in [7, 11) is -1.47. The zero-order chi connectivity index (χ0) is 13.8. The summed E-state index contributed by atoms with van der Waals surface area (Å²) in [6.45, 7) is 0. The first kappa shape index (κ1) is 13.4. The minimum atomic E-state index is -1.47. The maximum atomic E-state index is 13.4. The fourth-order valence-electron chi connectivity index (χ4n) is 1.61. The molecule has 0 spiro atoms. The molecule has 0 saturated carbocycles. The van der Waals surface area contributed by atoms with Gasteiger partial charge in [0.15, 0.2) is 0 Å². The van der Waals surface area contributed by atoms with Crippen LogP contribution in [0.25, 0.3) is 0 Å². The molecule has 2 aromatic carbocycles. The molecule has 0 heterocycles. The number of benzene rings is 2. The Morgan fingerprint density at radius 1 is 1.16 bits per heavy atom. The molecule has 1 N–H and O–H groups in total. The topological polar surface area (TPSA) is 54.4 Å². The second-order valence-corrected chi connectivity index (χ2v) is 5.37. The molecule has 98 valence electrons. The van der Waals surface area contributed by atoms with Gasteiger partial charge < -0.3 is 5.11 Å². The molecule has 0 radical (unpaired) electrons. The van der Waals surface area contributed by atoms with E-state index in [0.29, 0.717) is 10.5 Å². The van der Waals surface area contributed by atoms with Crippen LogP contribution in [-0.2, 0) is 16.6 Å². The van der Waals surface area contributed by atoms with Crippen molar-refractivity contribution in [2.45, 2.75) is 10.6 Å². The molecule has 0 aliphatic carbocycles. The Hall–Kier alpha value is -2.01. The van der Waals surface area contributed by atoms with Gasteiger partial charge >= 0.3 is 5.97 Å². The highest BCUT2D eigenvalue weighted by Crippen LogP contribution is 2.16. The number of carbonyl (C=O) groups is 1. The third-order valence-electron chi connectivity index (χ3n) is 2.59. The van der Waals surface area contributed by atoms with Crippen LogP contribution in [0.2, 0.25) is 0 Å². The maximum Gasteiger partial charge on any atom is 0.335 e. The van der Waals surface area contributed by atoms with Crippen LogP contribution in [0.15, 0.2) is 53.4 Å². The Morgan fingerprint density at radius 2 is 1.89 bits per heavy atom. The highest BCUT2D eigenvalue weighted by atomic mass is 32.2. The first-order chi connectivity index (χ1) is 9.08. The molecule has 0 fully saturated rings. The number of halogens is 1. The Balaban J connectivity index is 2.23. The number of carboxylic acids is 1. The fraction of sp³-hybridized carbons (Fsp3) is 0.0714. The summed E-state index contributed by atoms with van der Waals surface area (Å²) in [4.78, 5) is 11.2. The lowest BCUT2D eigenvalue weighted by atomic mass is 10.2. The predicted octanol–water partition coefficient (Wildman–Crippen LogP) is 2.83. The first-order valence-electron chi connectivity index (χ1n) is 5.53. The zero-order valence-corrected chi connectivity index (χ0v) is 10.7. The van der Waals surface area contributed by atoms with Crippen molar-refractivity contribution in [1.82, 2.24) is 0 Å². The van der Waals surface area contributed by atoms with E-state index in [-0.39, 0.29) is 11.3 Å². The molecular formula is C14H11FO3S. The molecule has 0 aliphatic heterocycles. The number of aromatic carboxylic acids is 1. The molecule has 1 atom stereocenters. The zero-order valence-electron chi connectivity index (χ0n) is 9.88. The molecule has 2 aromatic rings. The van der Waals surface area contributed by atoms with Gasteiger partial charge in [-0.05, 0) is 24.3 Å². The second-order valence-electron chi connectivity index (χ2n) is 3.91. The molecule has 0 aromatic heterocycles. The highest BCUT2D eigenvalue weighted by molar-refractivity contribution is 7.84. The molecule has 1 unspecified atom stereocenters. The standard InChI is InChI=1S/C14H11FO3S/c15-13-7-2-1-4-11(13)9-19(18)12-6-3-5-10(8-12)14(16)17/h1-8H,9H2,(H,16,17). The van der Waals surface area contributed by atoms with E-state index in [1.54, 1.807) is 24.3 Å². The summed E-state index contributed by atoms with van der Waals surface area (Å²) in [5.74, 6) is -1.47. The van der Waals surface area contributed by atoms with Crippen molar-refractivity contribution < 1.29 is 18.5 Å². The normalized spacial score (nSPS) is 12.1. The summed E-state index contributed by atoms with van der Waals surface area (Å²) < 4.78 is 25.5. The van der Waals surface area contributed by atoms with Gasteiger partial charge in [0, 0.05) is 10.5 Å². The predicted molar refractivity (Wildman–Crippen MR) is 69.9 cm³/mol. The van der Waals surface area contributed by atoms with Gasteiger partial charge in [-0.1, -0.05) is 24.3 Å². The van der Waals surface area contributed by atoms with E-state index in [1.165, 1.54) is 24.3 Å². The van der Waals surface area contributed by atoms with Crippen molar-refractivity contribution in [3.8, 4) is 0 Å². The van der Waals surface area contributed by atoms with Crippen LogP contribution < -0.4 is 0 Å². The molecule has 19 heavy (non-hydrogen) atoms. The van der Waals surface area contributed by atoms with E-state index in [2.05, 4.69) is 0 Å². The molecule has 2 rings (SSSR count). The van der Waals surface area contributed by atoms with Gasteiger partial charge in [-0.25, -0.2) is 9.18 Å². The lowest BCUT2D eigenvalue weighted by Crippen LogP contribution is -2.02. The molecule has 0 amide bonds. The largest absolute Gasteiger partial charge is 0.478 e. The highest BCUT2D eigenvalue weighted by Gasteiger charge is 2.11. The third-order valence-corrected chi connectivity index (χ3v) is 3.94. The van der Waals surface area contributed by atoms with Crippen LogP contribution in [0.3, 0.4) is 0 Å². The fourth-order valence-corrected chi connectivity index (χ4v) is 2.78. The SMILES string of the molecule is O=C(O)c1cccc(S(=O)Cc2ccccc2F)c1. The number of carboxylic acid groups (broad SMARTS) is 1. The van der Waals surface area contributed by atoms with E-state index >= 15 is 0 Å². The molecule has 0 saturated heterocycles. The quantitative estimate of drug-likeness (QED) is 0.935. The Kier molecular flexibility index (Phi) is 4.06. The van der Waals surface area contributed by atoms with E-state index in [1.807, 2.05) is 0 Å². The molecular weight excluding hydrogens is 267 g/mol. The lowest BCUT2D eigenvalue weighted by molar-refractivity contribution is 0.0696. The van der Waals surface area contributed by atoms with Crippen molar-refractivity contribution in [3.63, 3.8) is 0 Å². The Bertz CT molecular complexity index is 640. The molecule has 5 heteroatoms. The van der Waals surface area contributed by atoms with Crippen molar-refractivity contribution in [2.75, 3.05) is 0 Å². The van der Waals surface area contributed by atoms with Crippen LogP contribution in [0.5, 0.6) is 0 Å². The first-order valence-corrected chi connectivity index (χ1v) is 6.85. The van der Waals surface area contributed by atoms with Gasteiger partial charge in [0.25, 0.3) is 0 Å². The lowest BCUT2D eigenvalue weighted by Gasteiger charge is -2.04. The van der Waals surface area contributed by atoms with Crippen LogP contribution >= 0.6 is 0 Å². The average molecular weight is 278 g/mol. The van der Waals surface area contributed by atoms with E-state index in [0.717, 1.165) is 0 Å². The van der Waals surface area contributed by atoms with Crippen molar-refractivity contribution in [2.24, 2.45) is 0 Å². The van der Waals surface area contributed by atoms with E-state index in [9.17, 15) is 13.4 Å².